The number of likely N-dealkylation sites (N-methyl/N-ethyl adjacent to an activating group) is 1. The van der Waals surface area contributed by atoms with Crippen molar-refractivity contribution < 1.29 is 13.2 Å². The lowest BCUT2D eigenvalue weighted by Crippen LogP contribution is -2.23. The van der Waals surface area contributed by atoms with Gasteiger partial charge in [0.15, 0.2) is 9.84 Å². The maximum absolute atomic E-state index is 11.6. The standard InChI is InChI=1S/C13H19NO3S/c1-3-18(16,17)13-6-4-12(5-7-13)8-9-14(2)10-11-15/h4-7,11H,3,8-10H2,1-2H3. The van der Waals surface area contributed by atoms with E-state index in [1.165, 1.54) is 0 Å². The second kappa shape index (κ2) is 6.66. The van der Waals surface area contributed by atoms with E-state index in [4.69, 9.17) is 0 Å². The molecular weight excluding hydrogens is 250 g/mol. The highest BCUT2D eigenvalue weighted by Crippen LogP contribution is 2.12. The molecule has 1 aromatic carbocycles. The molecule has 0 unspecified atom stereocenters. The first-order valence-corrected chi connectivity index (χ1v) is 7.58. The van der Waals surface area contributed by atoms with Crippen molar-refractivity contribution in [3.8, 4) is 0 Å². The van der Waals surface area contributed by atoms with Crippen LogP contribution in [0, 0.1) is 0 Å². The van der Waals surface area contributed by atoms with Crippen molar-refractivity contribution in [3.63, 3.8) is 0 Å². The van der Waals surface area contributed by atoms with Gasteiger partial charge in [0.2, 0.25) is 0 Å². The van der Waals surface area contributed by atoms with Crippen molar-refractivity contribution in [1.29, 1.82) is 0 Å². The summed E-state index contributed by atoms with van der Waals surface area (Å²) in [6.07, 6.45) is 1.67. The fraction of sp³-hybridized carbons (Fsp3) is 0.462. The molecule has 5 heteroatoms. The third-order valence-corrected chi connectivity index (χ3v) is 4.58. The predicted octanol–water partition coefficient (Wildman–Crippen LogP) is 1.15. The lowest BCUT2D eigenvalue weighted by Gasteiger charge is -2.12. The summed E-state index contributed by atoms with van der Waals surface area (Å²) in [7, 11) is -1.23. The summed E-state index contributed by atoms with van der Waals surface area (Å²) in [6, 6.07) is 6.95. The Morgan fingerprint density at radius 1 is 1.22 bits per heavy atom. The summed E-state index contributed by atoms with van der Waals surface area (Å²) in [5.74, 6) is 0.119. The zero-order chi connectivity index (χ0) is 13.6. The third-order valence-electron chi connectivity index (χ3n) is 2.83. The van der Waals surface area contributed by atoms with Gasteiger partial charge < -0.3 is 4.79 Å². The van der Waals surface area contributed by atoms with E-state index in [0.717, 1.165) is 24.8 Å². The van der Waals surface area contributed by atoms with E-state index in [-0.39, 0.29) is 5.75 Å². The van der Waals surface area contributed by atoms with E-state index in [2.05, 4.69) is 0 Å². The Hall–Kier alpha value is -1.20. The van der Waals surface area contributed by atoms with E-state index in [9.17, 15) is 13.2 Å². The van der Waals surface area contributed by atoms with Gasteiger partial charge >= 0.3 is 0 Å². The molecule has 0 saturated carbocycles. The second-order valence-electron chi connectivity index (χ2n) is 4.23. The topological polar surface area (TPSA) is 54.5 Å². The van der Waals surface area contributed by atoms with Gasteiger partial charge in [-0.2, -0.15) is 0 Å². The van der Waals surface area contributed by atoms with Gasteiger partial charge in [-0.1, -0.05) is 19.1 Å². The Balaban J connectivity index is 2.64. The number of rotatable bonds is 7. The van der Waals surface area contributed by atoms with E-state index >= 15 is 0 Å². The molecule has 18 heavy (non-hydrogen) atoms. The maximum Gasteiger partial charge on any atom is 0.178 e. The van der Waals surface area contributed by atoms with Gasteiger partial charge in [0, 0.05) is 6.54 Å². The minimum Gasteiger partial charge on any atom is -0.302 e. The van der Waals surface area contributed by atoms with E-state index in [1.807, 2.05) is 24.1 Å². The van der Waals surface area contributed by atoms with Crippen LogP contribution in [0.15, 0.2) is 29.2 Å². The minimum absolute atomic E-state index is 0.119. The monoisotopic (exact) mass is 269 g/mol. The van der Waals surface area contributed by atoms with Crippen LogP contribution >= 0.6 is 0 Å². The van der Waals surface area contributed by atoms with Crippen LogP contribution in [0.25, 0.3) is 0 Å². The zero-order valence-electron chi connectivity index (χ0n) is 10.8. The molecule has 0 N–H and O–H groups in total. The molecule has 0 aliphatic heterocycles. The Morgan fingerprint density at radius 3 is 2.33 bits per heavy atom. The molecule has 0 atom stereocenters. The van der Waals surface area contributed by atoms with E-state index < -0.39 is 9.84 Å². The number of carbonyl (C=O) groups excluding carboxylic acids is 1. The molecule has 0 amide bonds. The highest BCUT2D eigenvalue weighted by molar-refractivity contribution is 7.91. The molecule has 1 aromatic rings. The molecule has 0 radical (unpaired) electrons. The number of carbonyl (C=O) groups is 1. The number of hydrogen-bond donors (Lipinski definition) is 0. The van der Waals surface area contributed by atoms with Crippen LogP contribution in [-0.2, 0) is 21.1 Å². The van der Waals surface area contributed by atoms with Crippen LogP contribution in [0.3, 0.4) is 0 Å². The Kier molecular flexibility index (Phi) is 5.50. The van der Waals surface area contributed by atoms with E-state index in [0.29, 0.717) is 11.4 Å². The van der Waals surface area contributed by atoms with Crippen molar-refractivity contribution in [2.24, 2.45) is 0 Å². The Labute approximate surface area is 109 Å². The lowest BCUT2D eigenvalue weighted by atomic mass is 10.1. The second-order valence-corrected chi connectivity index (χ2v) is 6.50. The van der Waals surface area contributed by atoms with Crippen LogP contribution in [0.1, 0.15) is 12.5 Å². The molecule has 0 heterocycles. The number of sulfone groups is 1. The molecule has 0 aromatic heterocycles. The predicted molar refractivity (Wildman–Crippen MR) is 71.4 cm³/mol. The fourth-order valence-corrected chi connectivity index (χ4v) is 2.45. The van der Waals surface area contributed by atoms with Gasteiger partial charge in [0.1, 0.15) is 6.29 Å². The molecule has 100 valence electrons. The van der Waals surface area contributed by atoms with Crippen LogP contribution < -0.4 is 0 Å². The molecule has 0 saturated heterocycles. The van der Waals surface area contributed by atoms with Crippen molar-refractivity contribution >= 4 is 16.1 Å². The third kappa shape index (κ3) is 4.23. The van der Waals surface area contributed by atoms with Crippen molar-refractivity contribution in [1.82, 2.24) is 4.90 Å². The van der Waals surface area contributed by atoms with Crippen LogP contribution in [0.5, 0.6) is 0 Å². The van der Waals surface area contributed by atoms with Gasteiger partial charge in [0.05, 0.1) is 17.2 Å². The van der Waals surface area contributed by atoms with Gasteiger partial charge in [-0.3, -0.25) is 4.90 Å². The average Bonchev–Trinajstić information content (AvgIpc) is 2.37. The molecule has 4 nitrogen and oxygen atoms in total. The van der Waals surface area contributed by atoms with Crippen LogP contribution in [0.4, 0.5) is 0 Å². The van der Waals surface area contributed by atoms with Crippen LogP contribution in [-0.4, -0.2) is 45.5 Å². The highest BCUT2D eigenvalue weighted by atomic mass is 32.2. The van der Waals surface area contributed by atoms with Gasteiger partial charge in [-0.05, 0) is 31.2 Å². The smallest absolute Gasteiger partial charge is 0.178 e. The van der Waals surface area contributed by atoms with Gasteiger partial charge in [-0.25, -0.2) is 8.42 Å². The quantitative estimate of drug-likeness (QED) is 0.697. The number of aldehydes is 1. The lowest BCUT2D eigenvalue weighted by molar-refractivity contribution is -0.108. The summed E-state index contributed by atoms with van der Waals surface area (Å²) in [5, 5.41) is 0. The molecule has 0 bridgehead atoms. The van der Waals surface area contributed by atoms with Crippen molar-refractivity contribution in [2.75, 3.05) is 25.9 Å². The molecule has 0 aliphatic carbocycles. The van der Waals surface area contributed by atoms with Crippen molar-refractivity contribution in [3.05, 3.63) is 29.8 Å². The first-order chi connectivity index (χ1) is 8.49. The van der Waals surface area contributed by atoms with Gasteiger partial charge in [-0.15, -0.1) is 0 Å². The summed E-state index contributed by atoms with van der Waals surface area (Å²) in [6.45, 7) is 2.83. The Bertz CT molecular complexity index is 479. The number of benzene rings is 1. The number of hydrogen-bond acceptors (Lipinski definition) is 4. The zero-order valence-corrected chi connectivity index (χ0v) is 11.6. The normalized spacial score (nSPS) is 11.7. The van der Waals surface area contributed by atoms with Crippen LogP contribution in [0.2, 0.25) is 0 Å². The number of nitrogens with zero attached hydrogens (tertiary/aromatic N) is 1. The molecule has 0 fully saturated rings. The van der Waals surface area contributed by atoms with Gasteiger partial charge in [0.25, 0.3) is 0 Å². The summed E-state index contributed by atoms with van der Waals surface area (Å²) < 4.78 is 23.2. The highest BCUT2D eigenvalue weighted by Gasteiger charge is 2.10. The summed E-state index contributed by atoms with van der Waals surface area (Å²) in [4.78, 5) is 12.6. The molecule has 0 spiro atoms. The summed E-state index contributed by atoms with van der Waals surface area (Å²) >= 11 is 0. The minimum atomic E-state index is -3.11. The first kappa shape index (κ1) is 14.9. The molecular formula is C13H19NO3S. The summed E-state index contributed by atoms with van der Waals surface area (Å²) in [5.41, 5.74) is 1.07. The largest absolute Gasteiger partial charge is 0.302 e. The fourth-order valence-electron chi connectivity index (χ4n) is 1.57. The SMILES string of the molecule is CCS(=O)(=O)c1ccc(CCN(C)CC=O)cc1. The Morgan fingerprint density at radius 2 is 1.83 bits per heavy atom. The average molecular weight is 269 g/mol. The van der Waals surface area contributed by atoms with Crippen molar-refractivity contribution in [2.45, 2.75) is 18.2 Å². The molecule has 1 rings (SSSR count). The van der Waals surface area contributed by atoms with E-state index in [1.54, 1.807) is 19.1 Å². The molecule has 0 aliphatic rings. The maximum atomic E-state index is 11.6. The first-order valence-electron chi connectivity index (χ1n) is 5.93.